The maximum absolute atomic E-state index is 12.1. The molecule has 0 radical (unpaired) electrons. The van der Waals surface area contributed by atoms with Crippen molar-refractivity contribution < 1.29 is 23.9 Å². The van der Waals surface area contributed by atoms with Gasteiger partial charge in [0.05, 0.1) is 7.11 Å². The lowest BCUT2D eigenvalue weighted by Crippen LogP contribution is -2.39. The van der Waals surface area contributed by atoms with Crippen LogP contribution in [0.3, 0.4) is 0 Å². The van der Waals surface area contributed by atoms with Crippen molar-refractivity contribution >= 4 is 29.3 Å². The molecule has 2 amide bonds. The Morgan fingerprint density at radius 3 is 2.52 bits per heavy atom. The largest absolute Gasteiger partial charge is 0.453 e. The summed E-state index contributed by atoms with van der Waals surface area (Å²) in [6.45, 7) is 3.43. The number of carbonyl (C=O) groups excluding carboxylic acids is 3. The second-order valence-electron chi connectivity index (χ2n) is 5.12. The van der Waals surface area contributed by atoms with Gasteiger partial charge in [-0.15, -0.1) is 11.3 Å². The summed E-state index contributed by atoms with van der Waals surface area (Å²) in [7, 11) is 1.13. The van der Waals surface area contributed by atoms with Crippen LogP contribution in [0.1, 0.15) is 29.9 Å². The molecule has 1 aromatic heterocycles. The number of nitrogens with zero attached hydrogens (tertiary/aromatic N) is 1. The first kappa shape index (κ1) is 18.6. The number of aryl methyl sites for hydroxylation is 1. The number of benzene rings is 1. The van der Waals surface area contributed by atoms with Gasteiger partial charge < -0.3 is 9.47 Å². The molecule has 0 aliphatic heterocycles. The molecule has 1 heterocycles. The van der Waals surface area contributed by atoms with Gasteiger partial charge in [0.1, 0.15) is 5.01 Å². The van der Waals surface area contributed by atoms with E-state index in [9.17, 15) is 14.4 Å². The molecule has 0 bridgehead atoms. The number of thiazole rings is 1. The van der Waals surface area contributed by atoms with Gasteiger partial charge >= 0.3 is 12.1 Å². The molecule has 1 atom stereocenters. The maximum atomic E-state index is 12.1. The van der Waals surface area contributed by atoms with Crippen LogP contribution in [0.4, 0.5) is 4.79 Å². The number of imide groups is 1. The molecule has 2 aromatic rings. The van der Waals surface area contributed by atoms with E-state index in [2.05, 4.69) is 16.6 Å². The number of alkyl carbamates (subject to hydrolysis) is 1. The highest BCUT2D eigenvalue weighted by molar-refractivity contribution is 7.13. The summed E-state index contributed by atoms with van der Waals surface area (Å²) < 4.78 is 9.32. The van der Waals surface area contributed by atoms with Crippen LogP contribution in [-0.2, 0) is 20.7 Å². The Balaban J connectivity index is 2.02. The highest BCUT2D eigenvalue weighted by atomic mass is 32.1. The number of nitrogens with one attached hydrogen (secondary N) is 1. The molecule has 1 aromatic carbocycles. The van der Waals surface area contributed by atoms with Crippen LogP contribution in [0.15, 0.2) is 29.6 Å². The second-order valence-corrected chi connectivity index (χ2v) is 5.97. The molecule has 132 valence electrons. The number of esters is 1. The van der Waals surface area contributed by atoms with Crippen LogP contribution in [0, 0.1) is 0 Å². The summed E-state index contributed by atoms with van der Waals surface area (Å²) in [6.07, 6.45) is -1.12. The number of hydrogen-bond acceptors (Lipinski definition) is 7. The molecular formula is C17H18N2O5S. The number of aromatic nitrogens is 1. The van der Waals surface area contributed by atoms with Crippen molar-refractivity contribution in [3.63, 3.8) is 0 Å². The van der Waals surface area contributed by atoms with Gasteiger partial charge in [0.15, 0.2) is 11.8 Å². The molecule has 8 heteroatoms. The number of hydrogen-bond donors (Lipinski definition) is 1. The van der Waals surface area contributed by atoms with Gasteiger partial charge in [-0.3, -0.25) is 10.1 Å². The van der Waals surface area contributed by atoms with Crippen molar-refractivity contribution in [1.82, 2.24) is 10.3 Å². The number of ether oxygens (including phenoxy) is 2. The number of carbonyl (C=O) groups is 3. The molecule has 0 spiro atoms. The fourth-order valence-corrected chi connectivity index (χ4v) is 2.71. The summed E-state index contributed by atoms with van der Waals surface area (Å²) >= 11 is 1.31. The van der Waals surface area contributed by atoms with Crippen molar-refractivity contribution in [2.75, 3.05) is 7.11 Å². The lowest BCUT2D eigenvalue weighted by atomic mass is 10.1. The van der Waals surface area contributed by atoms with E-state index in [4.69, 9.17) is 4.74 Å². The smallest absolute Gasteiger partial charge is 0.413 e. The van der Waals surface area contributed by atoms with Crippen molar-refractivity contribution in [1.29, 1.82) is 0 Å². The second kappa shape index (κ2) is 8.39. The Morgan fingerprint density at radius 2 is 1.92 bits per heavy atom. The quantitative estimate of drug-likeness (QED) is 0.822. The lowest BCUT2D eigenvalue weighted by Gasteiger charge is -2.11. The summed E-state index contributed by atoms with van der Waals surface area (Å²) in [6, 6.07) is 7.90. The summed E-state index contributed by atoms with van der Waals surface area (Å²) in [4.78, 5) is 39.0. The van der Waals surface area contributed by atoms with E-state index in [1.165, 1.54) is 23.8 Å². The fraction of sp³-hybridized carbons (Fsp3) is 0.294. The van der Waals surface area contributed by atoms with Crippen LogP contribution >= 0.6 is 11.3 Å². The normalized spacial score (nSPS) is 11.5. The van der Waals surface area contributed by atoms with Crippen LogP contribution < -0.4 is 5.32 Å². The molecule has 0 aliphatic carbocycles. The molecule has 2 rings (SSSR count). The summed E-state index contributed by atoms with van der Waals surface area (Å²) in [5.74, 6) is -1.51. The number of amides is 2. The van der Waals surface area contributed by atoms with Gasteiger partial charge in [0, 0.05) is 10.9 Å². The molecule has 0 unspecified atom stereocenters. The standard InChI is InChI=1S/C17H18N2O5S/c1-4-11-5-7-12(8-6-11)15-18-13(9-25-15)16(21)24-10(2)14(20)19-17(22)23-3/h5-10H,4H2,1-3H3,(H,19,20,22)/t10-/m1/s1. The van der Waals surface area contributed by atoms with Gasteiger partial charge in [-0.25, -0.2) is 14.6 Å². The average molecular weight is 362 g/mol. The van der Waals surface area contributed by atoms with Crippen LogP contribution in [-0.4, -0.2) is 36.2 Å². The minimum atomic E-state index is -1.15. The van der Waals surface area contributed by atoms with Crippen LogP contribution in [0.5, 0.6) is 0 Å². The first-order chi connectivity index (χ1) is 11.9. The van der Waals surface area contributed by atoms with Crippen molar-refractivity contribution in [3.8, 4) is 10.6 Å². The Kier molecular flexibility index (Phi) is 6.24. The zero-order chi connectivity index (χ0) is 18.4. The first-order valence-corrected chi connectivity index (χ1v) is 8.47. The van der Waals surface area contributed by atoms with Gasteiger partial charge in [-0.05, 0) is 18.9 Å². The summed E-state index contributed by atoms with van der Waals surface area (Å²) in [5.41, 5.74) is 2.22. The van der Waals surface area contributed by atoms with Crippen LogP contribution in [0.2, 0.25) is 0 Å². The Labute approximate surface area is 149 Å². The van der Waals surface area contributed by atoms with E-state index < -0.39 is 24.1 Å². The van der Waals surface area contributed by atoms with Crippen molar-refractivity contribution in [2.24, 2.45) is 0 Å². The molecule has 0 aliphatic rings. The predicted octanol–water partition coefficient (Wildman–Crippen LogP) is 2.80. The number of rotatable bonds is 5. The average Bonchev–Trinajstić information content (AvgIpc) is 3.11. The molecule has 0 fully saturated rings. The lowest BCUT2D eigenvalue weighted by molar-refractivity contribution is -0.128. The highest BCUT2D eigenvalue weighted by Crippen LogP contribution is 2.24. The predicted molar refractivity (Wildman–Crippen MR) is 92.4 cm³/mol. The zero-order valence-electron chi connectivity index (χ0n) is 14.1. The number of methoxy groups -OCH3 is 1. The van der Waals surface area contributed by atoms with E-state index >= 15 is 0 Å². The first-order valence-electron chi connectivity index (χ1n) is 7.59. The topological polar surface area (TPSA) is 94.6 Å². The highest BCUT2D eigenvalue weighted by Gasteiger charge is 2.22. The molecule has 0 saturated carbocycles. The van der Waals surface area contributed by atoms with Gasteiger partial charge in [-0.1, -0.05) is 31.2 Å². The van der Waals surface area contributed by atoms with Gasteiger partial charge in [0.25, 0.3) is 5.91 Å². The minimum Gasteiger partial charge on any atom is -0.453 e. The van der Waals surface area contributed by atoms with E-state index in [1.807, 2.05) is 29.6 Å². The van der Waals surface area contributed by atoms with E-state index in [0.29, 0.717) is 5.01 Å². The molecule has 1 N–H and O–H groups in total. The van der Waals surface area contributed by atoms with E-state index in [0.717, 1.165) is 19.1 Å². The minimum absolute atomic E-state index is 0.109. The molecule has 25 heavy (non-hydrogen) atoms. The molecule has 7 nitrogen and oxygen atoms in total. The maximum Gasteiger partial charge on any atom is 0.413 e. The van der Waals surface area contributed by atoms with E-state index in [1.54, 1.807) is 5.38 Å². The van der Waals surface area contributed by atoms with Gasteiger partial charge in [-0.2, -0.15) is 0 Å². The zero-order valence-corrected chi connectivity index (χ0v) is 14.9. The van der Waals surface area contributed by atoms with Crippen LogP contribution in [0.25, 0.3) is 10.6 Å². The Hall–Kier alpha value is -2.74. The van der Waals surface area contributed by atoms with Crippen molar-refractivity contribution in [3.05, 3.63) is 40.9 Å². The summed E-state index contributed by atoms with van der Waals surface area (Å²) in [5, 5.41) is 4.18. The SMILES string of the molecule is CCc1ccc(-c2nc(C(=O)O[C@H](C)C(=O)NC(=O)OC)cs2)cc1. The van der Waals surface area contributed by atoms with Gasteiger partial charge in [0.2, 0.25) is 0 Å². The Bertz CT molecular complexity index is 770. The monoisotopic (exact) mass is 362 g/mol. The fourth-order valence-electron chi connectivity index (χ4n) is 1.91. The third-order valence-corrected chi connectivity index (χ3v) is 4.28. The Morgan fingerprint density at radius 1 is 1.24 bits per heavy atom. The van der Waals surface area contributed by atoms with E-state index in [-0.39, 0.29) is 5.69 Å². The third kappa shape index (κ3) is 4.87. The third-order valence-electron chi connectivity index (χ3n) is 3.39. The molecular weight excluding hydrogens is 344 g/mol. The van der Waals surface area contributed by atoms with Crippen molar-refractivity contribution in [2.45, 2.75) is 26.4 Å². The molecule has 0 saturated heterocycles.